The number of hydrogen-bond acceptors (Lipinski definition) is 8. The van der Waals surface area contributed by atoms with E-state index in [9.17, 15) is 18.3 Å². The highest BCUT2D eigenvalue weighted by Gasteiger charge is 2.65. The molecule has 0 spiro atoms. The minimum absolute atomic E-state index is 0.00678. The van der Waals surface area contributed by atoms with Crippen molar-refractivity contribution in [1.29, 1.82) is 5.41 Å². The average Bonchev–Trinajstić information content (AvgIpc) is 3.55. The first-order chi connectivity index (χ1) is 25.0. The van der Waals surface area contributed by atoms with Crippen LogP contribution in [0, 0.1) is 56.7 Å². The number of sulfone groups is 1. The third-order valence-electron chi connectivity index (χ3n) is 16.8. The van der Waals surface area contributed by atoms with Gasteiger partial charge in [0.1, 0.15) is 12.0 Å². The number of hydrazone groups is 1. The largest absolute Gasteiger partial charge is 0.481 e. The van der Waals surface area contributed by atoms with E-state index >= 15 is 0 Å². The van der Waals surface area contributed by atoms with Gasteiger partial charge in [-0.25, -0.2) is 18.8 Å². The van der Waals surface area contributed by atoms with Gasteiger partial charge in [-0.3, -0.25) is 4.79 Å². The van der Waals surface area contributed by atoms with E-state index in [2.05, 4.69) is 61.9 Å². The molecule has 7 aliphatic rings. The maximum absolute atomic E-state index is 12.6. The zero-order valence-corrected chi connectivity index (χ0v) is 34.0. The summed E-state index contributed by atoms with van der Waals surface area (Å²) in [6.45, 7) is 16.9. The fourth-order valence-corrected chi connectivity index (χ4v) is 15.3. The number of carboxylic acid groups (broad SMARTS) is 1. The lowest BCUT2D eigenvalue weighted by molar-refractivity contribution is -0.175. The van der Waals surface area contributed by atoms with Gasteiger partial charge in [0.05, 0.1) is 11.5 Å². The van der Waals surface area contributed by atoms with E-state index in [0.717, 1.165) is 37.3 Å². The molecule has 1 saturated heterocycles. The van der Waals surface area contributed by atoms with E-state index in [1.54, 1.807) is 7.05 Å². The van der Waals surface area contributed by atoms with E-state index in [1.165, 1.54) is 73.9 Å². The van der Waals surface area contributed by atoms with Crippen molar-refractivity contribution in [2.45, 2.75) is 117 Å². The first-order valence-electron chi connectivity index (χ1n) is 20.7. The van der Waals surface area contributed by atoms with Gasteiger partial charge in [-0.1, -0.05) is 46.3 Å². The molecule has 11 heteroatoms. The zero-order valence-electron chi connectivity index (χ0n) is 33.2. The number of nitrogens with one attached hydrogen (secondary N) is 2. The molecule has 53 heavy (non-hydrogen) atoms. The van der Waals surface area contributed by atoms with Crippen molar-refractivity contribution in [3.05, 3.63) is 23.3 Å². The highest BCUT2D eigenvalue weighted by atomic mass is 32.2. The molecule has 6 aliphatic carbocycles. The van der Waals surface area contributed by atoms with Gasteiger partial charge >= 0.3 is 12.0 Å². The van der Waals surface area contributed by atoms with Crippen LogP contribution in [0.3, 0.4) is 0 Å². The molecule has 0 aromatic carbocycles. The van der Waals surface area contributed by atoms with E-state index in [4.69, 9.17) is 10.1 Å². The molecule has 0 radical (unpaired) electrons. The molecule has 0 bridgehead atoms. The Morgan fingerprint density at radius 1 is 1.00 bits per heavy atom. The molecular weight excluding hydrogens is 687 g/mol. The summed E-state index contributed by atoms with van der Waals surface area (Å²) in [6, 6.07) is -0.192. The third kappa shape index (κ3) is 6.64. The monoisotopic (exact) mass is 753 g/mol. The highest BCUT2D eigenvalue weighted by Crippen LogP contribution is 2.72. The molecule has 0 aromatic heterocycles. The predicted octanol–water partition coefficient (Wildman–Crippen LogP) is 6.74. The summed E-state index contributed by atoms with van der Waals surface area (Å²) in [6.07, 6.45) is 19.3. The summed E-state index contributed by atoms with van der Waals surface area (Å²) >= 11 is 0. The molecular formula is C42H67N5O5S. The normalized spacial score (nSPS) is 41.7. The molecule has 9 atom stereocenters. The predicted molar refractivity (Wildman–Crippen MR) is 211 cm³/mol. The van der Waals surface area contributed by atoms with Gasteiger partial charge in [-0.2, -0.15) is 5.10 Å². The van der Waals surface area contributed by atoms with Crippen molar-refractivity contribution >= 4 is 28.5 Å². The molecule has 1 aliphatic heterocycles. The van der Waals surface area contributed by atoms with Gasteiger partial charge in [0.25, 0.3) is 0 Å². The smallest absolute Gasteiger partial charge is 0.313 e. The number of carboxylic acids is 1. The van der Waals surface area contributed by atoms with E-state index in [-0.39, 0.29) is 29.0 Å². The number of fused-ring (bicyclic) bond motifs is 7. The van der Waals surface area contributed by atoms with Crippen molar-refractivity contribution in [3.8, 4) is 0 Å². The molecule has 7 rings (SSSR count). The Morgan fingerprint density at radius 2 is 1.75 bits per heavy atom. The Labute approximate surface area is 319 Å². The second kappa shape index (κ2) is 14.1. The first kappa shape index (κ1) is 39.0. The van der Waals surface area contributed by atoms with Crippen LogP contribution >= 0.6 is 0 Å². The number of carbonyl (C=O) groups is 1. The number of amidine groups is 1. The summed E-state index contributed by atoms with van der Waals surface area (Å²) < 4.78 is 29.5. The Hall–Kier alpha value is -2.24. The molecule has 296 valence electrons. The van der Waals surface area contributed by atoms with Gasteiger partial charge in [0.15, 0.2) is 9.84 Å². The molecule has 3 N–H and O–H groups in total. The van der Waals surface area contributed by atoms with Gasteiger partial charge < -0.3 is 20.1 Å². The van der Waals surface area contributed by atoms with Crippen LogP contribution in [-0.4, -0.2) is 99.0 Å². The number of aliphatic carboxylic acids is 1. The Balaban J connectivity index is 1.04. The Bertz CT molecular complexity index is 1630. The summed E-state index contributed by atoms with van der Waals surface area (Å²) in [5.74, 6) is 3.38. The van der Waals surface area contributed by atoms with Crippen molar-refractivity contribution in [1.82, 2.24) is 15.2 Å². The fourth-order valence-electron chi connectivity index (χ4n) is 14.0. The minimum Gasteiger partial charge on any atom is -0.481 e. The lowest BCUT2D eigenvalue weighted by atomic mass is 9.37. The van der Waals surface area contributed by atoms with E-state index < -0.39 is 21.2 Å². The van der Waals surface area contributed by atoms with Gasteiger partial charge in [0, 0.05) is 45.5 Å². The second-order valence-electron chi connectivity index (χ2n) is 19.4. The molecule has 0 aromatic rings. The van der Waals surface area contributed by atoms with Gasteiger partial charge in [0.2, 0.25) is 0 Å². The zero-order chi connectivity index (χ0) is 38.0. The van der Waals surface area contributed by atoms with Crippen LogP contribution in [0.4, 0.5) is 0 Å². The molecule has 4 saturated carbocycles. The van der Waals surface area contributed by atoms with Crippen LogP contribution < -0.4 is 5.32 Å². The van der Waals surface area contributed by atoms with Gasteiger partial charge in [-0.05, 0) is 134 Å². The van der Waals surface area contributed by atoms with Crippen molar-refractivity contribution in [3.63, 3.8) is 0 Å². The molecule has 8 unspecified atom stereocenters. The van der Waals surface area contributed by atoms with Crippen LogP contribution in [0.5, 0.6) is 0 Å². The van der Waals surface area contributed by atoms with Crippen LogP contribution in [0.1, 0.15) is 111 Å². The third-order valence-corrected chi connectivity index (χ3v) is 18.4. The fraction of sp³-hybridized carbons (Fsp3) is 0.833. The summed E-state index contributed by atoms with van der Waals surface area (Å²) in [7, 11) is -1.28. The topological polar surface area (TPSA) is 135 Å². The standard InChI is InChI=1S/C42H67N5O5S/c1-38(2)31(29-11-19-41(20-12-29,36(48)49)28-52-37(43)46(6)44-5)13-17-40(4)34(38)15-18-39(3)32-14-21-42(16-7-8-33(42)30(32)9-10-35(39)40)45-22-23-47-24-26-53(50,51)27-25-47/h11,13,30,32-35,43,45H,5,7-10,12,14-28H2,1-4,6H3,(H,48,49)/t30?,32?,33-,34?,35?,39?,40?,41?,42?/m1/s1. The number of ether oxygens (including phenoxy) is 1. The average molecular weight is 754 g/mol. The van der Waals surface area contributed by atoms with Crippen molar-refractivity contribution in [2.75, 3.05) is 51.3 Å². The van der Waals surface area contributed by atoms with Crippen molar-refractivity contribution < 1.29 is 23.1 Å². The first-order valence-corrected chi connectivity index (χ1v) is 22.6. The summed E-state index contributed by atoms with van der Waals surface area (Å²) in [5, 5.41) is 27.4. The van der Waals surface area contributed by atoms with Crippen molar-refractivity contribution in [2.24, 2.45) is 56.4 Å². The van der Waals surface area contributed by atoms with Crippen LogP contribution in [0.15, 0.2) is 28.4 Å². The summed E-state index contributed by atoms with van der Waals surface area (Å²) in [5.41, 5.74) is 2.57. The van der Waals surface area contributed by atoms with E-state index in [1.807, 2.05) is 0 Å². The number of nitrogens with zero attached hydrogens (tertiary/aromatic N) is 3. The molecule has 0 amide bonds. The maximum atomic E-state index is 12.6. The number of hydrogen-bond donors (Lipinski definition) is 3. The summed E-state index contributed by atoms with van der Waals surface area (Å²) in [4.78, 5) is 14.9. The Morgan fingerprint density at radius 3 is 2.43 bits per heavy atom. The lowest BCUT2D eigenvalue weighted by Crippen LogP contribution is -2.64. The van der Waals surface area contributed by atoms with Crippen LogP contribution in [0.2, 0.25) is 0 Å². The second-order valence-corrected chi connectivity index (χ2v) is 21.7. The van der Waals surface area contributed by atoms with Crippen LogP contribution in [0.25, 0.3) is 0 Å². The van der Waals surface area contributed by atoms with Gasteiger partial charge in [-0.15, -0.1) is 0 Å². The highest BCUT2D eigenvalue weighted by molar-refractivity contribution is 7.91. The maximum Gasteiger partial charge on any atom is 0.313 e. The molecule has 1 heterocycles. The molecule has 10 nitrogen and oxygen atoms in total. The van der Waals surface area contributed by atoms with E-state index in [0.29, 0.717) is 61.1 Å². The minimum atomic E-state index is -2.85. The van der Waals surface area contributed by atoms with Crippen LogP contribution in [-0.2, 0) is 19.4 Å². The Kier molecular flexibility index (Phi) is 10.3. The number of allylic oxidation sites excluding steroid dienone is 4. The number of rotatable bonds is 9. The quantitative estimate of drug-likeness (QED) is 0.134. The molecule has 5 fully saturated rings. The lowest BCUT2D eigenvalue weighted by Gasteiger charge is -2.68. The SMILES string of the molecule is C=NN(C)C(=N)OCC1(C(=O)O)CC=C(C2=CCC3(C)C(CCC4(C)C5CCC6(NCCN7CCS(=O)(=O)CC7)CCC[C@@H]6C5CCC43)C2(C)C)CC1.